The Balaban J connectivity index is 3.13. The zero-order valence-electron chi connectivity index (χ0n) is 9.11. The van der Waals surface area contributed by atoms with Gasteiger partial charge in [-0.05, 0) is 46.9 Å². The molecule has 0 aliphatic rings. The third kappa shape index (κ3) is 3.11. The maximum absolute atomic E-state index is 12.0. The topological polar surface area (TPSA) is 60.4 Å². The van der Waals surface area contributed by atoms with Gasteiger partial charge in [0.15, 0.2) is 9.84 Å². The van der Waals surface area contributed by atoms with Crippen molar-refractivity contribution in [3.05, 3.63) is 29.8 Å². The zero-order chi connectivity index (χ0) is 13.3. The van der Waals surface area contributed by atoms with Crippen molar-refractivity contribution in [2.24, 2.45) is 0 Å². The predicted molar refractivity (Wildman–Crippen MR) is 74.8 cm³/mol. The number of hydrogen-bond acceptors (Lipinski definition) is 4. The van der Waals surface area contributed by atoms with E-state index in [4.69, 9.17) is 16.3 Å². The lowest BCUT2D eigenvalue weighted by Gasteiger charge is -2.16. The minimum Gasteiger partial charge on any atom is -0.497 e. The number of ketones is 1. The number of Topliss-reactive ketones (excluding diaryl/α,β-unsaturated/α-hetero) is 1. The van der Waals surface area contributed by atoms with Gasteiger partial charge in [-0.1, -0.05) is 11.6 Å². The predicted octanol–water partition coefficient (Wildman–Crippen LogP) is 2.25. The molecule has 0 heterocycles. The number of carbonyl (C=O) groups excluding carboxylic acids is 1. The molecule has 0 bridgehead atoms. The number of methoxy groups -OCH3 is 1. The van der Waals surface area contributed by atoms with Crippen LogP contribution in [0.5, 0.6) is 5.75 Å². The fraction of sp³-hybridized carbons (Fsp3) is 0.300. The smallest absolute Gasteiger partial charge is 0.257 e. The molecule has 1 aromatic rings. The van der Waals surface area contributed by atoms with Crippen LogP contribution in [0.1, 0.15) is 10.4 Å². The van der Waals surface area contributed by atoms with Crippen molar-refractivity contribution in [1.29, 1.82) is 0 Å². The van der Waals surface area contributed by atoms with Gasteiger partial charge in [-0.3, -0.25) is 4.79 Å². The first-order valence-corrected chi connectivity index (χ1v) is 7.81. The molecule has 0 saturated heterocycles. The summed E-state index contributed by atoms with van der Waals surface area (Å²) in [5.74, 6) is -0.0838. The van der Waals surface area contributed by atoms with Crippen LogP contribution in [0.2, 0.25) is 0 Å². The monoisotopic (exact) mass is 388 g/mol. The summed E-state index contributed by atoms with van der Waals surface area (Å²) in [6, 6.07) is 6.09. The molecule has 0 unspecified atom stereocenters. The van der Waals surface area contributed by atoms with E-state index in [1.165, 1.54) is 41.8 Å². The van der Waals surface area contributed by atoms with Gasteiger partial charge in [0.2, 0.25) is 5.78 Å². The van der Waals surface area contributed by atoms with Gasteiger partial charge in [0.25, 0.3) is 2.21 Å². The van der Waals surface area contributed by atoms with Crippen molar-refractivity contribution in [2.45, 2.75) is 2.21 Å². The molecule has 0 spiro atoms. The van der Waals surface area contributed by atoms with E-state index in [0.717, 1.165) is 6.26 Å². The first kappa shape index (κ1) is 14.7. The molecular weight excluding hydrogens is 379 g/mol. The van der Waals surface area contributed by atoms with E-state index < -0.39 is 17.8 Å². The van der Waals surface area contributed by atoms with Crippen LogP contribution in [0.4, 0.5) is 0 Å². The van der Waals surface area contributed by atoms with Crippen LogP contribution in [-0.2, 0) is 9.84 Å². The Hall–Kier alpha value is -0.340. The minimum absolute atomic E-state index is 0.223. The number of rotatable bonds is 4. The summed E-state index contributed by atoms with van der Waals surface area (Å²) in [5, 5.41) is 0. The fourth-order valence-electron chi connectivity index (χ4n) is 1.08. The number of ether oxygens (including phenoxy) is 1. The van der Waals surface area contributed by atoms with Crippen molar-refractivity contribution in [3.63, 3.8) is 0 Å². The molecule has 7 heteroatoms. The molecule has 17 heavy (non-hydrogen) atoms. The second kappa shape index (κ2) is 5.11. The summed E-state index contributed by atoms with van der Waals surface area (Å²) in [6.07, 6.45) is 0.924. The van der Waals surface area contributed by atoms with E-state index >= 15 is 0 Å². The van der Waals surface area contributed by atoms with Gasteiger partial charge in [0, 0.05) is 11.8 Å². The SMILES string of the molecule is COc1ccc(C(=O)[C@](Cl)(I)S(C)(=O)=O)cc1. The van der Waals surface area contributed by atoms with Gasteiger partial charge in [0.1, 0.15) is 5.75 Å². The molecule has 1 atom stereocenters. The first-order valence-electron chi connectivity index (χ1n) is 4.46. The highest BCUT2D eigenvalue weighted by Crippen LogP contribution is 2.34. The number of sulfone groups is 1. The van der Waals surface area contributed by atoms with Crippen molar-refractivity contribution in [2.75, 3.05) is 13.4 Å². The average molecular weight is 389 g/mol. The van der Waals surface area contributed by atoms with Crippen LogP contribution in [0.25, 0.3) is 0 Å². The maximum atomic E-state index is 12.0. The van der Waals surface area contributed by atoms with E-state index in [1.807, 2.05) is 0 Å². The van der Waals surface area contributed by atoms with E-state index in [2.05, 4.69) is 0 Å². The average Bonchev–Trinajstić information content (AvgIpc) is 2.26. The molecule has 4 nitrogen and oxygen atoms in total. The Morgan fingerprint density at radius 1 is 1.35 bits per heavy atom. The zero-order valence-corrected chi connectivity index (χ0v) is 12.8. The van der Waals surface area contributed by atoms with Gasteiger partial charge < -0.3 is 4.74 Å². The maximum Gasteiger partial charge on any atom is 0.257 e. The number of benzene rings is 1. The summed E-state index contributed by atoms with van der Waals surface area (Å²) in [4.78, 5) is 12.0. The quantitative estimate of drug-likeness (QED) is 0.451. The van der Waals surface area contributed by atoms with Crippen LogP contribution in [0, 0.1) is 0 Å². The molecule has 0 saturated carbocycles. The van der Waals surface area contributed by atoms with Crippen LogP contribution >= 0.6 is 34.2 Å². The lowest BCUT2D eigenvalue weighted by molar-refractivity contribution is 0.100. The molecule has 94 valence electrons. The Morgan fingerprint density at radius 2 is 1.82 bits per heavy atom. The summed E-state index contributed by atoms with van der Waals surface area (Å²) in [6.45, 7) is 0. The minimum atomic E-state index is -3.69. The van der Waals surface area contributed by atoms with Crippen molar-refractivity contribution in [3.8, 4) is 5.75 Å². The van der Waals surface area contributed by atoms with Crippen LogP contribution in [-0.4, -0.2) is 29.8 Å². The van der Waals surface area contributed by atoms with Gasteiger partial charge in [0.05, 0.1) is 7.11 Å². The molecule has 0 radical (unpaired) electrons. The first-order chi connectivity index (χ1) is 7.70. The number of hydrogen-bond donors (Lipinski definition) is 0. The lowest BCUT2D eigenvalue weighted by atomic mass is 10.1. The molecule has 0 amide bonds. The number of carbonyl (C=O) groups is 1. The Kier molecular flexibility index (Phi) is 4.43. The summed E-state index contributed by atoms with van der Waals surface area (Å²) in [5.41, 5.74) is 0.223. The highest BCUT2D eigenvalue weighted by Gasteiger charge is 2.44. The van der Waals surface area contributed by atoms with Crippen LogP contribution < -0.4 is 4.74 Å². The van der Waals surface area contributed by atoms with Crippen molar-refractivity contribution < 1.29 is 17.9 Å². The Bertz CT molecular complexity index is 522. The molecule has 1 rings (SSSR count). The van der Waals surface area contributed by atoms with Gasteiger partial charge in [-0.2, -0.15) is 0 Å². The highest BCUT2D eigenvalue weighted by atomic mass is 127. The summed E-state index contributed by atoms with van der Waals surface area (Å²) >= 11 is 7.22. The standard InChI is InChI=1S/C10H10ClIO4S/c1-16-8-5-3-7(4-6-8)9(13)10(11,12)17(2,14)15/h3-6H,1-2H3/t10-/m0/s1. The molecule has 1 aromatic carbocycles. The van der Waals surface area contributed by atoms with E-state index in [1.54, 1.807) is 12.1 Å². The largest absolute Gasteiger partial charge is 0.497 e. The summed E-state index contributed by atoms with van der Waals surface area (Å²) < 4.78 is 25.8. The molecule has 0 aliphatic heterocycles. The Labute approximate surface area is 118 Å². The molecule has 0 fully saturated rings. The number of alkyl halides is 2. The van der Waals surface area contributed by atoms with E-state index in [-0.39, 0.29) is 5.56 Å². The van der Waals surface area contributed by atoms with Crippen LogP contribution in [0.3, 0.4) is 0 Å². The molecule has 0 N–H and O–H groups in total. The second-order valence-corrected chi connectivity index (χ2v) is 9.28. The van der Waals surface area contributed by atoms with Gasteiger partial charge >= 0.3 is 0 Å². The van der Waals surface area contributed by atoms with Gasteiger partial charge in [-0.25, -0.2) is 8.42 Å². The van der Waals surface area contributed by atoms with Crippen molar-refractivity contribution in [1.82, 2.24) is 0 Å². The third-order valence-corrected chi connectivity index (χ3v) is 7.10. The van der Waals surface area contributed by atoms with E-state index in [9.17, 15) is 13.2 Å². The molecule has 0 aliphatic carbocycles. The lowest BCUT2D eigenvalue weighted by Crippen LogP contribution is -2.34. The highest BCUT2D eigenvalue weighted by molar-refractivity contribution is 14.1. The van der Waals surface area contributed by atoms with Crippen molar-refractivity contribution >= 4 is 49.8 Å². The normalized spacial score (nSPS) is 15.1. The second-order valence-electron chi connectivity index (χ2n) is 3.35. The molecular formula is C10H10ClIO4S. The summed E-state index contributed by atoms with van der Waals surface area (Å²) in [7, 11) is -2.20. The fourth-order valence-corrected chi connectivity index (χ4v) is 1.95. The van der Waals surface area contributed by atoms with E-state index in [0.29, 0.717) is 5.75 Å². The third-order valence-electron chi connectivity index (χ3n) is 2.08. The van der Waals surface area contributed by atoms with Gasteiger partial charge in [-0.15, -0.1) is 0 Å². The Morgan fingerprint density at radius 3 is 2.18 bits per heavy atom. The van der Waals surface area contributed by atoms with Crippen LogP contribution in [0.15, 0.2) is 24.3 Å². The number of halogens is 2. The molecule has 0 aromatic heterocycles.